The highest BCUT2D eigenvalue weighted by Crippen LogP contribution is 2.60. The summed E-state index contributed by atoms with van der Waals surface area (Å²) in [6, 6.07) is 0. The Morgan fingerprint density at radius 2 is 1.76 bits per heavy atom. The zero-order valence-corrected chi connectivity index (χ0v) is 16.0. The average molecular weight is 359 g/mol. The molecular weight excluding hydrogens is 328 g/mol. The van der Waals surface area contributed by atoms with Gasteiger partial charge >= 0.3 is 0 Å². The Hall–Kier alpha value is -0.900. The Kier molecular flexibility index (Phi) is 4.15. The average Bonchev–Trinajstić information content (AvgIpc) is 3.00. The lowest BCUT2D eigenvalue weighted by Gasteiger charge is -2.55. The van der Waals surface area contributed by atoms with Crippen LogP contribution in [-0.4, -0.2) is 17.4 Å². The third kappa shape index (κ3) is 3.05. The molecule has 136 valence electrons. The molecule has 0 aliphatic heterocycles. The number of nitrogens with one attached hydrogen (secondary N) is 1. The van der Waals surface area contributed by atoms with Crippen LogP contribution in [0.5, 0.6) is 0 Å². The minimum atomic E-state index is 0.00895. The van der Waals surface area contributed by atoms with Gasteiger partial charge in [0.15, 0.2) is 0 Å². The fraction of sp³-hybridized carbons (Fsp3) is 0.810. The highest BCUT2D eigenvalue weighted by molar-refractivity contribution is 7.11. The molecule has 1 N–H and O–H groups in total. The molecule has 4 saturated carbocycles. The van der Waals surface area contributed by atoms with E-state index in [1.54, 1.807) is 0 Å². The molecule has 0 spiro atoms. The summed E-state index contributed by atoms with van der Waals surface area (Å²) >= 11 is 1.92. The zero-order chi connectivity index (χ0) is 16.9. The third-order valence-corrected chi connectivity index (χ3v) is 8.48. The van der Waals surface area contributed by atoms with Gasteiger partial charge in [-0.05, 0) is 88.4 Å². The maximum Gasteiger partial charge on any atom is 0.226 e. The Morgan fingerprint density at radius 3 is 2.44 bits per heavy atom. The Balaban J connectivity index is 1.13. The molecule has 25 heavy (non-hydrogen) atoms. The van der Waals surface area contributed by atoms with Gasteiger partial charge in [0.2, 0.25) is 5.91 Å². The van der Waals surface area contributed by atoms with Crippen LogP contribution in [0.3, 0.4) is 0 Å². The number of amides is 1. The maximum atomic E-state index is 12.9. The largest absolute Gasteiger partial charge is 0.356 e. The molecule has 1 aromatic rings. The van der Waals surface area contributed by atoms with Gasteiger partial charge < -0.3 is 5.32 Å². The second kappa shape index (κ2) is 6.37. The van der Waals surface area contributed by atoms with Crippen molar-refractivity contribution in [2.45, 2.75) is 77.0 Å². The zero-order valence-electron chi connectivity index (χ0n) is 15.2. The summed E-state index contributed by atoms with van der Waals surface area (Å²) in [5, 5.41) is 4.60. The minimum Gasteiger partial charge on any atom is -0.356 e. The molecular formula is C21H30N2OS. The van der Waals surface area contributed by atoms with Crippen LogP contribution in [0.15, 0.2) is 0 Å². The van der Waals surface area contributed by atoms with E-state index in [9.17, 15) is 4.79 Å². The van der Waals surface area contributed by atoms with E-state index in [1.165, 1.54) is 79.8 Å². The number of aromatic nitrogens is 1. The normalized spacial score (nSPS) is 35.6. The Morgan fingerprint density at radius 1 is 1.08 bits per heavy atom. The number of carbonyl (C=O) groups is 1. The first-order valence-electron chi connectivity index (χ1n) is 10.5. The molecule has 0 saturated heterocycles. The number of fused-ring (bicyclic) bond motifs is 1. The molecule has 3 nitrogen and oxygen atoms in total. The predicted molar refractivity (Wildman–Crippen MR) is 101 cm³/mol. The first kappa shape index (κ1) is 16.3. The fourth-order valence-corrected chi connectivity index (χ4v) is 7.73. The van der Waals surface area contributed by atoms with E-state index in [4.69, 9.17) is 4.98 Å². The van der Waals surface area contributed by atoms with E-state index < -0.39 is 0 Å². The number of carbonyl (C=O) groups excluding carboxylic acids is 1. The van der Waals surface area contributed by atoms with E-state index in [2.05, 4.69) is 5.32 Å². The standard InChI is InChI=1S/C21H30N2OS/c24-20(21-11-14-8-15(12-21)10-16(9-14)13-21)22-7-3-6-19-23-17-4-1-2-5-18(17)25-19/h14-16H,1-13H2,(H,22,24). The lowest BCUT2D eigenvalue weighted by Crippen LogP contribution is -2.53. The number of aryl methyl sites for hydroxylation is 3. The molecule has 5 aliphatic carbocycles. The molecule has 1 amide bonds. The van der Waals surface area contributed by atoms with Crippen LogP contribution in [0.25, 0.3) is 0 Å². The molecule has 0 atom stereocenters. The van der Waals surface area contributed by atoms with Gasteiger partial charge in [0, 0.05) is 23.3 Å². The van der Waals surface area contributed by atoms with E-state index in [1.807, 2.05) is 11.3 Å². The SMILES string of the molecule is O=C(NCCCc1nc2c(s1)CCCC2)C12CC3CC(CC(C3)C1)C2. The first-order chi connectivity index (χ1) is 12.2. The summed E-state index contributed by atoms with van der Waals surface area (Å²) in [5.41, 5.74) is 1.37. The van der Waals surface area contributed by atoms with Crippen LogP contribution in [0.2, 0.25) is 0 Å². The molecule has 6 rings (SSSR count). The van der Waals surface area contributed by atoms with Crippen molar-refractivity contribution >= 4 is 17.2 Å². The summed E-state index contributed by atoms with van der Waals surface area (Å²) in [7, 11) is 0. The maximum absolute atomic E-state index is 12.9. The molecule has 5 aliphatic rings. The lowest BCUT2D eigenvalue weighted by atomic mass is 9.49. The van der Waals surface area contributed by atoms with Crippen LogP contribution in [-0.2, 0) is 24.1 Å². The molecule has 0 radical (unpaired) electrons. The van der Waals surface area contributed by atoms with Crippen LogP contribution in [0.1, 0.15) is 73.4 Å². The molecule has 1 heterocycles. The van der Waals surface area contributed by atoms with Gasteiger partial charge in [0.05, 0.1) is 10.7 Å². The van der Waals surface area contributed by atoms with Crippen molar-refractivity contribution in [2.24, 2.45) is 23.2 Å². The number of hydrogen-bond acceptors (Lipinski definition) is 3. The number of nitrogens with zero attached hydrogens (tertiary/aromatic N) is 1. The monoisotopic (exact) mass is 358 g/mol. The second-order valence-corrected chi connectivity index (χ2v) is 10.4. The van der Waals surface area contributed by atoms with Crippen molar-refractivity contribution in [3.63, 3.8) is 0 Å². The van der Waals surface area contributed by atoms with Gasteiger partial charge in [-0.3, -0.25) is 4.79 Å². The summed E-state index contributed by atoms with van der Waals surface area (Å²) < 4.78 is 0. The highest BCUT2D eigenvalue weighted by atomic mass is 32.1. The van der Waals surface area contributed by atoms with E-state index in [0.29, 0.717) is 5.91 Å². The molecule has 1 aromatic heterocycles. The van der Waals surface area contributed by atoms with Gasteiger partial charge in [-0.15, -0.1) is 11.3 Å². The number of thiazole rings is 1. The molecule has 4 fully saturated rings. The molecule has 4 bridgehead atoms. The summed E-state index contributed by atoms with van der Waals surface area (Å²) in [5.74, 6) is 2.92. The second-order valence-electron chi connectivity index (χ2n) is 9.24. The molecule has 0 unspecified atom stereocenters. The predicted octanol–water partition coefficient (Wildman–Crippen LogP) is 4.29. The number of rotatable bonds is 5. The summed E-state index contributed by atoms with van der Waals surface area (Å²) in [6.45, 7) is 0.824. The van der Waals surface area contributed by atoms with E-state index in [0.717, 1.165) is 37.1 Å². The van der Waals surface area contributed by atoms with E-state index >= 15 is 0 Å². The van der Waals surface area contributed by atoms with Crippen LogP contribution in [0.4, 0.5) is 0 Å². The van der Waals surface area contributed by atoms with Gasteiger partial charge in [0.1, 0.15) is 0 Å². The minimum absolute atomic E-state index is 0.00895. The molecule has 0 aromatic carbocycles. The summed E-state index contributed by atoms with van der Waals surface area (Å²) in [4.78, 5) is 19.3. The Bertz CT molecular complexity index is 606. The first-order valence-corrected chi connectivity index (χ1v) is 11.3. The summed E-state index contributed by atoms with van der Waals surface area (Å²) in [6.07, 6.45) is 14.8. The van der Waals surface area contributed by atoms with Crippen LogP contribution >= 0.6 is 11.3 Å². The smallest absolute Gasteiger partial charge is 0.226 e. The Labute approximate surface area is 155 Å². The van der Waals surface area contributed by atoms with Crippen LogP contribution in [0, 0.1) is 23.2 Å². The number of hydrogen-bond donors (Lipinski definition) is 1. The van der Waals surface area contributed by atoms with Crippen molar-refractivity contribution in [3.8, 4) is 0 Å². The van der Waals surface area contributed by atoms with Crippen molar-refractivity contribution in [2.75, 3.05) is 6.54 Å². The van der Waals surface area contributed by atoms with Crippen molar-refractivity contribution in [3.05, 3.63) is 15.6 Å². The lowest BCUT2D eigenvalue weighted by molar-refractivity contribution is -0.146. The van der Waals surface area contributed by atoms with E-state index in [-0.39, 0.29) is 5.41 Å². The third-order valence-electron chi connectivity index (χ3n) is 7.26. The van der Waals surface area contributed by atoms with Crippen molar-refractivity contribution in [1.82, 2.24) is 10.3 Å². The fourth-order valence-electron chi connectivity index (χ4n) is 6.53. The quantitative estimate of drug-likeness (QED) is 0.798. The molecule has 4 heteroatoms. The highest BCUT2D eigenvalue weighted by Gasteiger charge is 2.54. The van der Waals surface area contributed by atoms with Gasteiger partial charge in [-0.2, -0.15) is 0 Å². The van der Waals surface area contributed by atoms with Gasteiger partial charge in [0.25, 0.3) is 0 Å². The van der Waals surface area contributed by atoms with Crippen molar-refractivity contribution in [1.29, 1.82) is 0 Å². The van der Waals surface area contributed by atoms with Crippen LogP contribution < -0.4 is 5.32 Å². The topological polar surface area (TPSA) is 42.0 Å². The van der Waals surface area contributed by atoms with Crippen molar-refractivity contribution < 1.29 is 4.79 Å². The van der Waals surface area contributed by atoms with Gasteiger partial charge in [-0.1, -0.05) is 0 Å². The van der Waals surface area contributed by atoms with Gasteiger partial charge in [-0.25, -0.2) is 4.98 Å².